The fourth-order valence-electron chi connectivity index (χ4n) is 1.67. The average Bonchev–Trinajstić information content (AvgIpc) is 2.86. The second-order valence-electron chi connectivity index (χ2n) is 3.87. The van der Waals surface area contributed by atoms with Gasteiger partial charge in [-0.2, -0.15) is 0 Å². The fraction of sp³-hybridized carbons (Fsp3) is 0.357. The van der Waals surface area contributed by atoms with E-state index in [0.717, 1.165) is 30.1 Å². The Morgan fingerprint density at radius 2 is 2.11 bits per heavy atom. The molecule has 0 radical (unpaired) electrons. The molecule has 0 aliphatic heterocycles. The molecule has 2 aromatic rings. The number of nitrogens with one attached hydrogen (secondary N) is 1. The monoisotopic (exact) mass is 262 g/mol. The number of anilines is 1. The van der Waals surface area contributed by atoms with Crippen molar-refractivity contribution in [3.05, 3.63) is 40.3 Å². The molecular formula is C14H18N2OS. The predicted octanol–water partition coefficient (Wildman–Crippen LogP) is 3.72. The normalized spacial score (nSPS) is 10.3. The van der Waals surface area contributed by atoms with E-state index >= 15 is 0 Å². The first-order valence-corrected chi connectivity index (χ1v) is 7.10. The number of hydrogen-bond acceptors (Lipinski definition) is 4. The molecule has 0 fully saturated rings. The molecule has 0 aliphatic carbocycles. The van der Waals surface area contributed by atoms with Gasteiger partial charge in [0.15, 0.2) is 0 Å². The van der Waals surface area contributed by atoms with Crippen LogP contribution < -0.4 is 10.1 Å². The van der Waals surface area contributed by atoms with Crippen LogP contribution in [0.3, 0.4) is 0 Å². The van der Waals surface area contributed by atoms with E-state index < -0.39 is 0 Å². The second kappa shape index (κ2) is 6.40. The number of benzene rings is 1. The number of aromatic nitrogens is 1. The van der Waals surface area contributed by atoms with Gasteiger partial charge in [-0.1, -0.05) is 19.1 Å². The van der Waals surface area contributed by atoms with Gasteiger partial charge in [0.2, 0.25) is 0 Å². The summed E-state index contributed by atoms with van der Waals surface area (Å²) in [6.45, 7) is 5.53. The van der Waals surface area contributed by atoms with E-state index in [9.17, 15) is 0 Å². The summed E-state index contributed by atoms with van der Waals surface area (Å²) in [4.78, 5) is 4.53. The highest BCUT2D eigenvalue weighted by Crippen LogP contribution is 2.24. The number of hydrogen-bond donors (Lipinski definition) is 1. The Bertz CT molecular complexity index is 496. The van der Waals surface area contributed by atoms with Crippen LogP contribution in [0.2, 0.25) is 0 Å². The van der Waals surface area contributed by atoms with Crippen molar-refractivity contribution < 1.29 is 4.74 Å². The van der Waals surface area contributed by atoms with Crippen LogP contribution in [0.25, 0.3) is 0 Å². The van der Waals surface area contributed by atoms with Crippen molar-refractivity contribution >= 4 is 17.0 Å². The van der Waals surface area contributed by atoms with Gasteiger partial charge in [0.1, 0.15) is 5.75 Å². The maximum Gasteiger partial charge on any atom is 0.142 e. The average molecular weight is 262 g/mol. The van der Waals surface area contributed by atoms with Gasteiger partial charge < -0.3 is 10.1 Å². The summed E-state index contributed by atoms with van der Waals surface area (Å²) < 4.78 is 5.57. The third-order valence-electron chi connectivity index (χ3n) is 2.55. The van der Waals surface area contributed by atoms with Gasteiger partial charge in [-0.25, -0.2) is 4.98 Å². The van der Waals surface area contributed by atoms with Crippen molar-refractivity contribution in [2.75, 3.05) is 11.9 Å². The lowest BCUT2D eigenvalue weighted by Gasteiger charge is -2.11. The molecule has 18 heavy (non-hydrogen) atoms. The second-order valence-corrected chi connectivity index (χ2v) is 4.81. The molecular weight excluding hydrogens is 244 g/mol. The predicted molar refractivity (Wildman–Crippen MR) is 76.4 cm³/mol. The van der Waals surface area contributed by atoms with Crippen LogP contribution in [0, 0.1) is 0 Å². The summed E-state index contributed by atoms with van der Waals surface area (Å²) >= 11 is 1.72. The van der Waals surface area contributed by atoms with E-state index in [2.05, 4.69) is 22.6 Å². The Morgan fingerprint density at radius 3 is 2.83 bits per heavy atom. The highest BCUT2D eigenvalue weighted by atomic mass is 32.1. The zero-order chi connectivity index (χ0) is 12.8. The molecule has 0 saturated heterocycles. The summed E-state index contributed by atoms with van der Waals surface area (Å²) in [5.41, 5.74) is 2.11. The van der Waals surface area contributed by atoms with Gasteiger partial charge in [-0.15, -0.1) is 11.3 Å². The Labute approximate surface area is 112 Å². The molecule has 2 rings (SSSR count). The number of thiazole rings is 1. The van der Waals surface area contributed by atoms with E-state index in [0.29, 0.717) is 6.61 Å². The van der Waals surface area contributed by atoms with Gasteiger partial charge >= 0.3 is 0 Å². The standard InChI is InChI=1S/C14H18N2OS/c1-3-14-16-11(10-18-14)9-15-12-7-5-6-8-13(12)17-4-2/h5-8,10,15H,3-4,9H2,1-2H3. The van der Waals surface area contributed by atoms with Crippen LogP contribution in [0.4, 0.5) is 5.69 Å². The van der Waals surface area contributed by atoms with Crippen molar-refractivity contribution in [3.63, 3.8) is 0 Å². The summed E-state index contributed by atoms with van der Waals surface area (Å²) in [5, 5.41) is 6.66. The highest BCUT2D eigenvalue weighted by Gasteiger charge is 2.04. The summed E-state index contributed by atoms with van der Waals surface area (Å²) in [6, 6.07) is 7.99. The molecule has 1 heterocycles. The highest BCUT2D eigenvalue weighted by molar-refractivity contribution is 7.09. The third kappa shape index (κ3) is 3.23. The van der Waals surface area contributed by atoms with Crippen LogP contribution in [0.5, 0.6) is 5.75 Å². The van der Waals surface area contributed by atoms with E-state index in [1.807, 2.05) is 31.2 Å². The maximum absolute atomic E-state index is 5.57. The van der Waals surface area contributed by atoms with Gasteiger partial charge in [-0.3, -0.25) is 0 Å². The van der Waals surface area contributed by atoms with E-state index in [1.54, 1.807) is 11.3 Å². The molecule has 0 unspecified atom stereocenters. The quantitative estimate of drug-likeness (QED) is 0.861. The minimum Gasteiger partial charge on any atom is -0.492 e. The van der Waals surface area contributed by atoms with Gasteiger partial charge in [0.05, 0.1) is 29.5 Å². The first-order chi connectivity index (χ1) is 8.83. The molecule has 0 amide bonds. The summed E-state index contributed by atoms with van der Waals surface area (Å²) in [6.07, 6.45) is 1.00. The summed E-state index contributed by atoms with van der Waals surface area (Å²) in [7, 11) is 0. The minimum absolute atomic E-state index is 0.676. The Morgan fingerprint density at radius 1 is 1.28 bits per heavy atom. The number of para-hydroxylation sites is 2. The molecule has 1 aromatic carbocycles. The molecule has 4 heteroatoms. The lowest BCUT2D eigenvalue weighted by Crippen LogP contribution is -2.03. The van der Waals surface area contributed by atoms with E-state index in [-0.39, 0.29) is 0 Å². The van der Waals surface area contributed by atoms with Crippen molar-refractivity contribution in [1.82, 2.24) is 4.98 Å². The topological polar surface area (TPSA) is 34.1 Å². The molecule has 1 N–H and O–H groups in total. The lowest BCUT2D eigenvalue weighted by molar-refractivity contribution is 0.341. The SMILES string of the molecule is CCOc1ccccc1NCc1csc(CC)n1. The van der Waals surface area contributed by atoms with Crippen molar-refractivity contribution in [3.8, 4) is 5.75 Å². The van der Waals surface area contributed by atoms with E-state index in [1.165, 1.54) is 5.01 Å². The van der Waals surface area contributed by atoms with Crippen LogP contribution >= 0.6 is 11.3 Å². The molecule has 96 valence electrons. The van der Waals surface area contributed by atoms with Crippen LogP contribution in [0.1, 0.15) is 24.5 Å². The minimum atomic E-state index is 0.676. The van der Waals surface area contributed by atoms with Gasteiger partial charge in [-0.05, 0) is 25.5 Å². The molecule has 0 aliphatic rings. The largest absolute Gasteiger partial charge is 0.492 e. The Kier molecular flexibility index (Phi) is 4.59. The maximum atomic E-state index is 5.57. The molecule has 0 bridgehead atoms. The van der Waals surface area contributed by atoms with Crippen LogP contribution in [-0.4, -0.2) is 11.6 Å². The molecule has 0 spiro atoms. The van der Waals surface area contributed by atoms with Crippen LogP contribution in [0.15, 0.2) is 29.6 Å². The molecule has 0 atom stereocenters. The fourth-order valence-corrected chi connectivity index (χ4v) is 2.42. The van der Waals surface area contributed by atoms with Crippen molar-refractivity contribution in [2.24, 2.45) is 0 Å². The van der Waals surface area contributed by atoms with Crippen molar-refractivity contribution in [1.29, 1.82) is 0 Å². The summed E-state index contributed by atoms with van der Waals surface area (Å²) in [5.74, 6) is 0.894. The number of nitrogens with zero attached hydrogens (tertiary/aromatic N) is 1. The third-order valence-corrected chi connectivity index (χ3v) is 3.59. The van der Waals surface area contributed by atoms with Crippen LogP contribution in [-0.2, 0) is 13.0 Å². The zero-order valence-corrected chi connectivity index (χ0v) is 11.6. The smallest absolute Gasteiger partial charge is 0.142 e. The van der Waals surface area contributed by atoms with Gasteiger partial charge in [0.25, 0.3) is 0 Å². The number of rotatable bonds is 6. The number of aryl methyl sites for hydroxylation is 1. The van der Waals surface area contributed by atoms with E-state index in [4.69, 9.17) is 4.74 Å². The first kappa shape index (κ1) is 12.9. The first-order valence-electron chi connectivity index (χ1n) is 6.22. The molecule has 0 saturated carbocycles. The van der Waals surface area contributed by atoms with Crippen molar-refractivity contribution in [2.45, 2.75) is 26.8 Å². The Balaban J connectivity index is 2.01. The molecule has 1 aromatic heterocycles. The Hall–Kier alpha value is -1.55. The zero-order valence-electron chi connectivity index (χ0n) is 10.8. The number of ether oxygens (including phenoxy) is 1. The van der Waals surface area contributed by atoms with Gasteiger partial charge in [0, 0.05) is 5.38 Å². The lowest BCUT2D eigenvalue weighted by atomic mass is 10.3. The molecule has 3 nitrogen and oxygen atoms in total.